The van der Waals surface area contributed by atoms with Gasteiger partial charge in [-0.2, -0.15) is 0 Å². The van der Waals surface area contributed by atoms with Crippen molar-refractivity contribution < 1.29 is 14.5 Å². The Bertz CT molecular complexity index is 1320. The van der Waals surface area contributed by atoms with E-state index in [1.54, 1.807) is 36.7 Å². The highest BCUT2D eigenvalue weighted by Gasteiger charge is 2.38. The summed E-state index contributed by atoms with van der Waals surface area (Å²) in [5.41, 5.74) is 8.66. The quantitative estimate of drug-likeness (QED) is 0.338. The first kappa shape index (κ1) is 25.4. The van der Waals surface area contributed by atoms with E-state index in [1.165, 1.54) is 11.0 Å². The summed E-state index contributed by atoms with van der Waals surface area (Å²) in [5, 5.41) is 17.5. The van der Waals surface area contributed by atoms with E-state index in [1.807, 2.05) is 22.8 Å². The van der Waals surface area contributed by atoms with E-state index in [-0.39, 0.29) is 43.2 Å². The molecule has 11 heteroatoms. The van der Waals surface area contributed by atoms with Gasteiger partial charge in [-0.1, -0.05) is 36.4 Å². The number of nitrogens with two attached hydrogens (primary N) is 1. The van der Waals surface area contributed by atoms with Gasteiger partial charge in [-0.05, 0) is 37.8 Å². The number of aromatic nitrogens is 2. The first-order chi connectivity index (χ1) is 18.4. The van der Waals surface area contributed by atoms with Crippen LogP contribution in [-0.4, -0.2) is 49.4 Å². The van der Waals surface area contributed by atoms with Crippen LogP contribution in [0.2, 0.25) is 0 Å². The fraction of sp³-hybridized carbons (Fsp3) is 0.370. The number of nitrogens with zero attached hydrogens (tertiary/aromatic N) is 4. The Kier molecular flexibility index (Phi) is 7.36. The number of benzene rings is 2. The van der Waals surface area contributed by atoms with E-state index in [0.29, 0.717) is 16.9 Å². The third-order valence-electron chi connectivity index (χ3n) is 7.35. The van der Waals surface area contributed by atoms with Crippen molar-refractivity contribution in [1.29, 1.82) is 0 Å². The van der Waals surface area contributed by atoms with Crippen LogP contribution >= 0.6 is 0 Å². The molecule has 11 nitrogen and oxygen atoms in total. The van der Waals surface area contributed by atoms with Crippen molar-refractivity contribution >= 4 is 23.3 Å². The van der Waals surface area contributed by atoms with Gasteiger partial charge in [-0.25, -0.2) is 9.78 Å². The lowest BCUT2D eigenvalue weighted by Crippen LogP contribution is -2.56. The molecule has 0 bridgehead atoms. The molecule has 0 spiro atoms. The summed E-state index contributed by atoms with van der Waals surface area (Å²) in [7, 11) is 0. The minimum atomic E-state index is -0.740. The fourth-order valence-corrected chi connectivity index (χ4v) is 5.23. The first-order valence-corrected chi connectivity index (χ1v) is 12.8. The van der Waals surface area contributed by atoms with Crippen molar-refractivity contribution in [1.82, 2.24) is 19.8 Å². The van der Waals surface area contributed by atoms with E-state index >= 15 is 0 Å². The number of fused-ring (bicyclic) bond motifs is 1. The number of para-hydroxylation sites is 2. The number of urea groups is 1. The molecule has 3 amide bonds. The Hall–Kier alpha value is -4.25. The van der Waals surface area contributed by atoms with Gasteiger partial charge >= 0.3 is 6.03 Å². The van der Waals surface area contributed by atoms with Crippen molar-refractivity contribution in [3.63, 3.8) is 0 Å². The zero-order valence-corrected chi connectivity index (χ0v) is 21.0. The van der Waals surface area contributed by atoms with Crippen LogP contribution in [-0.2, 0) is 24.3 Å². The van der Waals surface area contributed by atoms with Gasteiger partial charge in [-0.15, -0.1) is 0 Å². The van der Waals surface area contributed by atoms with E-state index in [9.17, 15) is 19.7 Å². The molecule has 1 saturated carbocycles. The molecule has 1 atom stereocenters. The number of hydrogen-bond donors (Lipinski definition) is 3. The topological polar surface area (TPSA) is 148 Å². The van der Waals surface area contributed by atoms with Gasteiger partial charge in [0.05, 0.1) is 35.7 Å². The summed E-state index contributed by atoms with van der Waals surface area (Å²) in [6.45, 7) is 0.370. The number of hydrogen-bond acceptors (Lipinski definition) is 6. The zero-order chi connectivity index (χ0) is 26.6. The summed E-state index contributed by atoms with van der Waals surface area (Å²) in [5.74, 6) is -0.215. The second kappa shape index (κ2) is 11.0. The number of carbonyl (C=O) groups excluding carboxylic acids is 2. The van der Waals surface area contributed by atoms with Crippen molar-refractivity contribution in [2.75, 3.05) is 5.32 Å². The number of carbonyl (C=O) groups is 2. The molecule has 3 aromatic rings. The van der Waals surface area contributed by atoms with Crippen molar-refractivity contribution in [2.24, 2.45) is 5.73 Å². The highest BCUT2D eigenvalue weighted by atomic mass is 16.6. The summed E-state index contributed by atoms with van der Waals surface area (Å²) < 4.78 is 1.82. The molecule has 1 unspecified atom stereocenters. The third-order valence-corrected chi connectivity index (χ3v) is 7.35. The molecule has 2 heterocycles. The summed E-state index contributed by atoms with van der Waals surface area (Å²) in [6, 6.07) is 14.7. The lowest BCUT2D eigenvalue weighted by atomic mass is 9.91. The van der Waals surface area contributed by atoms with E-state index in [4.69, 9.17) is 5.73 Å². The van der Waals surface area contributed by atoms with E-state index < -0.39 is 17.0 Å². The largest absolute Gasteiger partial charge is 0.352 e. The summed E-state index contributed by atoms with van der Waals surface area (Å²) in [6.07, 6.45) is 5.20. The fourth-order valence-electron chi connectivity index (χ4n) is 5.23. The van der Waals surface area contributed by atoms with Gasteiger partial charge in [0.2, 0.25) is 5.91 Å². The zero-order valence-electron chi connectivity index (χ0n) is 21.0. The number of nitrogens with one attached hydrogen (secondary N) is 2. The molecule has 1 aliphatic heterocycles. The molecule has 0 radical (unpaired) electrons. The van der Waals surface area contributed by atoms with Crippen LogP contribution in [0.1, 0.15) is 42.6 Å². The van der Waals surface area contributed by atoms with Crippen LogP contribution in [0.5, 0.6) is 0 Å². The van der Waals surface area contributed by atoms with Crippen LogP contribution in [0.15, 0.2) is 60.9 Å². The van der Waals surface area contributed by atoms with Gasteiger partial charge in [0, 0.05) is 35.8 Å². The first-order valence-electron chi connectivity index (χ1n) is 12.8. The average molecular weight is 518 g/mol. The van der Waals surface area contributed by atoms with Gasteiger partial charge in [0.15, 0.2) is 0 Å². The SMILES string of the molecule is NC1CCC(NC(=O)C2Cc3ncn(Cc4ccccc4[N+](=O)[O-])c3CN2C(=O)Nc2ccccc2)CC1. The van der Waals surface area contributed by atoms with Crippen molar-refractivity contribution in [3.05, 3.63) is 88.0 Å². The van der Waals surface area contributed by atoms with Crippen molar-refractivity contribution in [3.8, 4) is 0 Å². The second-order valence-corrected chi connectivity index (χ2v) is 9.92. The molecule has 38 heavy (non-hydrogen) atoms. The number of nitro benzene ring substituents is 1. The van der Waals surface area contributed by atoms with Gasteiger partial charge in [0.1, 0.15) is 6.04 Å². The predicted octanol–water partition coefficient (Wildman–Crippen LogP) is 3.18. The molecule has 198 valence electrons. The highest BCUT2D eigenvalue weighted by Crippen LogP contribution is 2.27. The molecular weight excluding hydrogens is 486 g/mol. The number of anilines is 1. The number of nitro groups is 1. The van der Waals surface area contributed by atoms with Crippen LogP contribution in [0, 0.1) is 10.1 Å². The maximum atomic E-state index is 13.5. The Morgan fingerprint density at radius 2 is 1.76 bits per heavy atom. The van der Waals surface area contributed by atoms with Crippen LogP contribution in [0.4, 0.5) is 16.2 Å². The molecule has 1 aromatic heterocycles. The molecule has 2 aromatic carbocycles. The smallest absolute Gasteiger partial charge is 0.322 e. The average Bonchev–Trinajstić information content (AvgIpc) is 3.31. The molecule has 2 aliphatic rings. The maximum absolute atomic E-state index is 13.5. The lowest BCUT2D eigenvalue weighted by Gasteiger charge is -2.36. The Balaban J connectivity index is 1.40. The van der Waals surface area contributed by atoms with Crippen molar-refractivity contribution in [2.45, 2.75) is 63.3 Å². The summed E-state index contributed by atoms with van der Waals surface area (Å²) in [4.78, 5) is 44.1. The Morgan fingerprint density at radius 3 is 2.50 bits per heavy atom. The molecule has 1 aliphatic carbocycles. The standard InChI is InChI=1S/C27H31N7O4/c28-19-10-12-21(13-11-19)30-26(35)24-14-22-25(16-33(24)27(36)31-20-7-2-1-3-8-20)32(17-29-22)15-18-6-4-5-9-23(18)34(37)38/h1-9,17,19,21,24H,10-16,28H2,(H,30,35)(H,31,36). The minimum absolute atomic E-state index is 0.0221. The predicted molar refractivity (Wildman–Crippen MR) is 141 cm³/mol. The molecule has 4 N–H and O–H groups in total. The molecule has 1 fully saturated rings. The highest BCUT2D eigenvalue weighted by molar-refractivity contribution is 5.94. The monoisotopic (exact) mass is 517 g/mol. The normalized spacial score (nSPS) is 20.9. The third kappa shape index (κ3) is 5.52. The van der Waals surface area contributed by atoms with Crippen LogP contribution in [0.25, 0.3) is 0 Å². The maximum Gasteiger partial charge on any atom is 0.322 e. The van der Waals surface area contributed by atoms with Gasteiger partial charge in [0.25, 0.3) is 5.69 Å². The number of rotatable bonds is 6. The lowest BCUT2D eigenvalue weighted by molar-refractivity contribution is -0.385. The Labute approximate surface area is 220 Å². The van der Waals surface area contributed by atoms with Crippen LogP contribution < -0.4 is 16.4 Å². The van der Waals surface area contributed by atoms with E-state index in [2.05, 4.69) is 15.6 Å². The van der Waals surface area contributed by atoms with Gasteiger partial charge < -0.3 is 25.8 Å². The van der Waals surface area contributed by atoms with E-state index in [0.717, 1.165) is 31.4 Å². The second-order valence-electron chi connectivity index (χ2n) is 9.92. The Morgan fingerprint density at radius 1 is 1.05 bits per heavy atom. The molecule has 5 rings (SSSR count). The van der Waals surface area contributed by atoms with Gasteiger partial charge in [-0.3, -0.25) is 14.9 Å². The minimum Gasteiger partial charge on any atom is -0.352 e. The van der Waals surface area contributed by atoms with Crippen LogP contribution in [0.3, 0.4) is 0 Å². The number of imidazole rings is 1. The number of amides is 3. The molecule has 0 saturated heterocycles. The molecular formula is C27H31N7O4. The summed E-state index contributed by atoms with van der Waals surface area (Å²) >= 11 is 0.